The predicted octanol–water partition coefficient (Wildman–Crippen LogP) is 2.94. The average molecular weight is 238 g/mol. The van der Waals surface area contributed by atoms with Crippen LogP contribution in [0.3, 0.4) is 0 Å². The minimum absolute atomic E-state index is 0.562. The Labute approximate surface area is 107 Å². The van der Waals surface area contributed by atoms with E-state index in [2.05, 4.69) is 17.6 Å². The van der Waals surface area contributed by atoms with E-state index in [1.165, 1.54) is 77.5 Å². The second-order valence-corrected chi connectivity index (χ2v) is 6.29. The Morgan fingerprint density at radius 1 is 1.29 bits per heavy atom. The zero-order valence-electron chi connectivity index (χ0n) is 11.6. The molecule has 2 fully saturated rings. The van der Waals surface area contributed by atoms with Crippen molar-refractivity contribution < 1.29 is 0 Å². The van der Waals surface area contributed by atoms with Gasteiger partial charge < -0.3 is 10.6 Å². The van der Waals surface area contributed by atoms with Gasteiger partial charge in [0.1, 0.15) is 0 Å². The molecule has 100 valence electrons. The maximum Gasteiger partial charge on any atom is 0.00200 e. The topological polar surface area (TPSA) is 24.1 Å². The van der Waals surface area contributed by atoms with Crippen molar-refractivity contribution in [2.75, 3.05) is 26.2 Å². The van der Waals surface area contributed by atoms with Gasteiger partial charge >= 0.3 is 0 Å². The maximum absolute atomic E-state index is 3.74. The van der Waals surface area contributed by atoms with Crippen LogP contribution in [0.1, 0.15) is 58.3 Å². The number of rotatable bonds is 7. The summed E-state index contributed by atoms with van der Waals surface area (Å²) in [7, 11) is 0. The first-order valence-corrected chi connectivity index (χ1v) is 7.76. The van der Waals surface area contributed by atoms with E-state index in [4.69, 9.17) is 0 Å². The highest BCUT2D eigenvalue weighted by molar-refractivity contribution is 4.87. The lowest BCUT2D eigenvalue weighted by molar-refractivity contribution is 0.179. The highest BCUT2D eigenvalue weighted by Gasteiger charge is 2.30. The summed E-state index contributed by atoms with van der Waals surface area (Å²) < 4.78 is 0. The highest BCUT2D eigenvalue weighted by atomic mass is 14.9. The van der Waals surface area contributed by atoms with E-state index in [-0.39, 0.29) is 0 Å². The summed E-state index contributed by atoms with van der Waals surface area (Å²) in [5, 5.41) is 7.33. The Morgan fingerprint density at radius 2 is 2.18 bits per heavy atom. The molecule has 2 N–H and O–H groups in total. The smallest absolute Gasteiger partial charge is 0.00200 e. The minimum atomic E-state index is 0.562. The third-order valence-electron chi connectivity index (χ3n) is 4.80. The zero-order valence-corrected chi connectivity index (χ0v) is 11.6. The Morgan fingerprint density at radius 3 is 2.76 bits per heavy atom. The fourth-order valence-electron chi connectivity index (χ4n) is 3.45. The molecule has 1 aliphatic carbocycles. The first-order chi connectivity index (χ1) is 8.35. The van der Waals surface area contributed by atoms with Gasteiger partial charge in [-0.25, -0.2) is 0 Å². The molecule has 0 bridgehead atoms. The number of hydrogen-bond acceptors (Lipinski definition) is 2. The SMILES string of the molecule is CCCC1(CNCCC2CCC2)CCCNC1. The summed E-state index contributed by atoms with van der Waals surface area (Å²) in [5.41, 5.74) is 0.562. The van der Waals surface area contributed by atoms with Crippen LogP contribution in [0.4, 0.5) is 0 Å². The standard InChI is InChI=1S/C15H30N2/c1-2-8-15(9-4-10-16-12-15)13-17-11-7-14-5-3-6-14/h14,16-17H,2-13H2,1H3. The molecule has 0 amide bonds. The van der Waals surface area contributed by atoms with E-state index in [9.17, 15) is 0 Å². The number of nitrogens with one attached hydrogen (secondary N) is 2. The van der Waals surface area contributed by atoms with Gasteiger partial charge in [-0.15, -0.1) is 0 Å². The summed E-state index contributed by atoms with van der Waals surface area (Å²) in [6, 6.07) is 0. The van der Waals surface area contributed by atoms with Crippen LogP contribution in [0, 0.1) is 11.3 Å². The van der Waals surface area contributed by atoms with Gasteiger partial charge in [0, 0.05) is 13.1 Å². The molecule has 2 aliphatic rings. The molecule has 17 heavy (non-hydrogen) atoms. The molecule has 0 aromatic rings. The first-order valence-electron chi connectivity index (χ1n) is 7.76. The Kier molecular flexibility index (Phi) is 5.30. The fourth-order valence-corrected chi connectivity index (χ4v) is 3.45. The van der Waals surface area contributed by atoms with E-state index in [1.807, 2.05) is 0 Å². The van der Waals surface area contributed by atoms with E-state index in [0.29, 0.717) is 5.41 Å². The molecule has 2 heteroatoms. The van der Waals surface area contributed by atoms with Gasteiger partial charge in [0.2, 0.25) is 0 Å². The second kappa shape index (κ2) is 6.75. The third kappa shape index (κ3) is 3.96. The predicted molar refractivity (Wildman–Crippen MR) is 74.3 cm³/mol. The molecule has 1 unspecified atom stereocenters. The molecular weight excluding hydrogens is 208 g/mol. The minimum Gasteiger partial charge on any atom is -0.316 e. The van der Waals surface area contributed by atoms with Crippen molar-refractivity contribution in [1.82, 2.24) is 10.6 Å². The van der Waals surface area contributed by atoms with Gasteiger partial charge in [-0.1, -0.05) is 32.6 Å². The van der Waals surface area contributed by atoms with Crippen molar-refractivity contribution in [1.29, 1.82) is 0 Å². The molecule has 2 nitrogen and oxygen atoms in total. The molecule has 1 aliphatic heterocycles. The third-order valence-corrected chi connectivity index (χ3v) is 4.80. The normalized spacial score (nSPS) is 30.2. The molecule has 2 rings (SSSR count). The number of hydrogen-bond donors (Lipinski definition) is 2. The molecule has 0 spiro atoms. The first kappa shape index (κ1) is 13.4. The lowest BCUT2D eigenvalue weighted by Gasteiger charge is -2.38. The molecule has 1 saturated carbocycles. The molecule has 0 aromatic heterocycles. The van der Waals surface area contributed by atoms with Crippen molar-refractivity contribution >= 4 is 0 Å². The van der Waals surface area contributed by atoms with Crippen molar-refractivity contribution in [3.8, 4) is 0 Å². The van der Waals surface area contributed by atoms with Crippen LogP contribution in [0.5, 0.6) is 0 Å². The van der Waals surface area contributed by atoms with E-state index < -0.39 is 0 Å². The highest BCUT2D eigenvalue weighted by Crippen LogP contribution is 2.31. The van der Waals surface area contributed by atoms with Crippen LogP contribution >= 0.6 is 0 Å². The Bertz CT molecular complexity index is 199. The van der Waals surface area contributed by atoms with Crippen molar-refractivity contribution in [2.24, 2.45) is 11.3 Å². The summed E-state index contributed by atoms with van der Waals surface area (Å²) >= 11 is 0. The van der Waals surface area contributed by atoms with Crippen LogP contribution in [-0.2, 0) is 0 Å². The summed E-state index contributed by atoms with van der Waals surface area (Å²) in [5.74, 6) is 1.05. The van der Waals surface area contributed by atoms with E-state index >= 15 is 0 Å². The van der Waals surface area contributed by atoms with Gasteiger partial charge in [0.15, 0.2) is 0 Å². The summed E-state index contributed by atoms with van der Waals surface area (Å²) in [4.78, 5) is 0. The van der Waals surface area contributed by atoms with Crippen molar-refractivity contribution in [3.05, 3.63) is 0 Å². The Hall–Kier alpha value is -0.0800. The molecule has 1 heterocycles. The van der Waals surface area contributed by atoms with E-state index in [0.717, 1.165) is 5.92 Å². The monoisotopic (exact) mass is 238 g/mol. The summed E-state index contributed by atoms with van der Waals surface area (Å²) in [6.45, 7) is 7.27. The average Bonchev–Trinajstić information content (AvgIpc) is 2.28. The zero-order chi connectivity index (χ0) is 12.0. The van der Waals surface area contributed by atoms with Gasteiger partial charge in [-0.3, -0.25) is 0 Å². The van der Waals surface area contributed by atoms with Gasteiger partial charge in [0.25, 0.3) is 0 Å². The van der Waals surface area contributed by atoms with Crippen LogP contribution in [-0.4, -0.2) is 26.2 Å². The van der Waals surface area contributed by atoms with Gasteiger partial charge in [0.05, 0.1) is 0 Å². The molecule has 1 saturated heterocycles. The summed E-state index contributed by atoms with van der Waals surface area (Å²) in [6.07, 6.45) is 11.4. The van der Waals surface area contributed by atoms with Gasteiger partial charge in [-0.2, -0.15) is 0 Å². The van der Waals surface area contributed by atoms with Crippen LogP contribution in [0.15, 0.2) is 0 Å². The molecular formula is C15H30N2. The van der Waals surface area contributed by atoms with Crippen molar-refractivity contribution in [3.63, 3.8) is 0 Å². The van der Waals surface area contributed by atoms with Crippen LogP contribution in [0.25, 0.3) is 0 Å². The van der Waals surface area contributed by atoms with Crippen LogP contribution in [0.2, 0.25) is 0 Å². The van der Waals surface area contributed by atoms with Crippen LogP contribution < -0.4 is 10.6 Å². The van der Waals surface area contributed by atoms with Gasteiger partial charge in [-0.05, 0) is 50.1 Å². The Balaban J connectivity index is 1.65. The maximum atomic E-state index is 3.74. The molecule has 1 atom stereocenters. The fraction of sp³-hybridized carbons (Fsp3) is 1.00. The molecule has 0 aromatic carbocycles. The number of piperidine rings is 1. The van der Waals surface area contributed by atoms with E-state index in [1.54, 1.807) is 0 Å². The lowest BCUT2D eigenvalue weighted by Crippen LogP contribution is -2.46. The largest absolute Gasteiger partial charge is 0.316 e. The second-order valence-electron chi connectivity index (χ2n) is 6.29. The quantitative estimate of drug-likeness (QED) is 0.666. The lowest BCUT2D eigenvalue weighted by atomic mass is 9.77. The van der Waals surface area contributed by atoms with Crippen molar-refractivity contribution in [2.45, 2.75) is 58.3 Å². The molecule has 0 radical (unpaired) electrons.